The van der Waals surface area contributed by atoms with Crippen LogP contribution in [0.3, 0.4) is 0 Å². The van der Waals surface area contributed by atoms with Gasteiger partial charge in [-0.1, -0.05) is 29.8 Å². The lowest BCUT2D eigenvalue weighted by atomic mass is 9.94. The number of hydrogen-bond donors (Lipinski definition) is 2. The van der Waals surface area contributed by atoms with E-state index in [9.17, 15) is 9.90 Å². The average molecular weight is 291 g/mol. The summed E-state index contributed by atoms with van der Waals surface area (Å²) < 4.78 is 4.66. The van der Waals surface area contributed by atoms with E-state index in [2.05, 4.69) is 16.6 Å². The number of ether oxygens (including phenoxy) is 1. The van der Waals surface area contributed by atoms with E-state index in [0.717, 1.165) is 16.7 Å². The minimum absolute atomic E-state index is 0.219. The summed E-state index contributed by atoms with van der Waals surface area (Å²) in [5.41, 5.74) is 3.09. The molecule has 4 nitrogen and oxygen atoms in total. The zero-order valence-electron chi connectivity index (χ0n) is 13.1. The van der Waals surface area contributed by atoms with Crippen LogP contribution in [0.25, 0.3) is 0 Å². The van der Waals surface area contributed by atoms with Crippen molar-refractivity contribution in [2.75, 3.05) is 13.7 Å². The van der Waals surface area contributed by atoms with Gasteiger partial charge in [0.1, 0.15) is 0 Å². The Hall–Kier alpha value is -1.65. The third kappa shape index (κ3) is 5.33. The van der Waals surface area contributed by atoms with Crippen LogP contribution < -0.4 is 5.32 Å². The van der Waals surface area contributed by atoms with Gasteiger partial charge in [-0.3, -0.25) is 4.79 Å². The lowest BCUT2D eigenvalue weighted by Crippen LogP contribution is -2.36. The summed E-state index contributed by atoms with van der Waals surface area (Å²) in [4.78, 5) is 11.3. The molecule has 0 aliphatic rings. The summed E-state index contributed by atoms with van der Waals surface area (Å²) >= 11 is 0. The first kappa shape index (κ1) is 17.4. The summed E-state index contributed by atoms with van der Waals surface area (Å²) in [6, 6.07) is 5.75. The highest BCUT2D eigenvalue weighted by Crippen LogP contribution is 2.24. The molecule has 2 unspecified atom stereocenters. The molecule has 1 rings (SSSR count). The summed E-state index contributed by atoms with van der Waals surface area (Å²) in [6.07, 6.45) is 1.84. The van der Waals surface area contributed by atoms with E-state index < -0.39 is 6.10 Å². The fraction of sp³-hybridized carbons (Fsp3) is 0.471. The maximum absolute atomic E-state index is 11.3. The van der Waals surface area contributed by atoms with Crippen LogP contribution in [0.1, 0.15) is 35.6 Å². The summed E-state index contributed by atoms with van der Waals surface area (Å²) in [7, 11) is 1.37. The fourth-order valence-electron chi connectivity index (χ4n) is 2.36. The Morgan fingerprint density at radius 2 is 2.19 bits per heavy atom. The van der Waals surface area contributed by atoms with Gasteiger partial charge in [-0.2, -0.15) is 0 Å². The number of carbonyl (C=O) groups excluding carboxylic acids is 1. The molecule has 0 amide bonds. The van der Waals surface area contributed by atoms with E-state index in [1.807, 2.05) is 32.0 Å². The second-order valence-electron chi connectivity index (χ2n) is 5.22. The fourth-order valence-corrected chi connectivity index (χ4v) is 2.36. The van der Waals surface area contributed by atoms with Crippen molar-refractivity contribution in [3.8, 4) is 0 Å². The number of hydrogen-bond acceptors (Lipinski definition) is 4. The molecular formula is C17H25NO3. The zero-order chi connectivity index (χ0) is 15.8. The van der Waals surface area contributed by atoms with Gasteiger partial charge in [-0.15, -0.1) is 6.58 Å². The molecule has 0 heterocycles. The number of methoxy groups -OCH3 is 1. The topological polar surface area (TPSA) is 58.6 Å². The Bertz CT molecular complexity index is 485. The van der Waals surface area contributed by atoms with Gasteiger partial charge in [0.25, 0.3) is 0 Å². The predicted molar refractivity (Wildman–Crippen MR) is 84.1 cm³/mol. The molecule has 0 radical (unpaired) electrons. The molecule has 2 N–H and O–H groups in total. The van der Waals surface area contributed by atoms with Crippen molar-refractivity contribution in [1.82, 2.24) is 5.32 Å². The molecule has 0 saturated heterocycles. The van der Waals surface area contributed by atoms with Gasteiger partial charge in [0.15, 0.2) is 0 Å². The van der Waals surface area contributed by atoms with Crippen LogP contribution >= 0.6 is 0 Å². The monoisotopic (exact) mass is 291 g/mol. The third-order valence-electron chi connectivity index (χ3n) is 3.54. The summed E-state index contributed by atoms with van der Waals surface area (Å²) in [6.45, 7) is 8.25. The van der Waals surface area contributed by atoms with Crippen molar-refractivity contribution < 1.29 is 14.6 Å². The lowest BCUT2D eigenvalue weighted by molar-refractivity contribution is -0.141. The highest BCUT2D eigenvalue weighted by molar-refractivity contribution is 5.69. The minimum Gasteiger partial charge on any atom is -0.469 e. The van der Waals surface area contributed by atoms with Gasteiger partial charge >= 0.3 is 5.97 Å². The van der Waals surface area contributed by atoms with E-state index >= 15 is 0 Å². The molecule has 4 heteroatoms. The largest absolute Gasteiger partial charge is 0.469 e. The molecule has 0 saturated carbocycles. The van der Waals surface area contributed by atoms with Crippen molar-refractivity contribution in [2.45, 2.75) is 38.8 Å². The molecular weight excluding hydrogens is 266 g/mol. The van der Waals surface area contributed by atoms with Crippen LogP contribution in [0.15, 0.2) is 30.9 Å². The van der Waals surface area contributed by atoms with E-state index in [1.54, 1.807) is 6.08 Å². The summed E-state index contributed by atoms with van der Waals surface area (Å²) in [5, 5.41) is 13.8. The van der Waals surface area contributed by atoms with E-state index in [4.69, 9.17) is 0 Å². The third-order valence-corrected chi connectivity index (χ3v) is 3.54. The van der Waals surface area contributed by atoms with Gasteiger partial charge in [0.05, 0.1) is 13.2 Å². The number of benzene rings is 1. The molecule has 0 aliphatic heterocycles. The van der Waals surface area contributed by atoms with E-state index in [1.165, 1.54) is 7.11 Å². The van der Waals surface area contributed by atoms with Gasteiger partial charge in [0.2, 0.25) is 0 Å². The number of aliphatic hydroxyl groups excluding tert-OH is 1. The molecule has 0 aromatic heterocycles. The maximum Gasteiger partial charge on any atom is 0.305 e. The number of carbonyl (C=O) groups is 1. The first-order valence-corrected chi connectivity index (χ1v) is 7.16. The van der Waals surface area contributed by atoms with Crippen molar-refractivity contribution in [1.29, 1.82) is 0 Å². The van der Waals surface area contributed by atoms with E-state index in [0.29, 0.717) is 13.0 Å². The molecule has 2 atom stereocenters. The van der Waals surface area contributed by atoms with Crippen LogP contribution in [-0.2, 0) is 9.53 Å². The Labute approximate surface area is 126 Å². The number of esters is 1. The molecule has 21 heavy (non-hydrogen) atoms. The predicted octanol–water partition coefficient (Wildman–Crippen LogP) is 2.43. The molecule has 0 aliphatic carbocycles. The highest BCUT2D eigenvalue weighted by Gasteiger charge is 2.22. The number of aryl methyl sites for hydroxylation is 2. The van der Waals surface area contributed by atoms with Crippen LogP contribution in [0.4, 0.5) is 0 Å². The second-order valence-corrected chi connectivity index (χ2v) is 5.22. The molecule has 1 aromatic rings. The molecule has 0 spiro atoms. The Kier molecular flexibility index (Phi) is 7.12. The first-order valence-electron chi connectivity index (χ1n) is 7.16. The van der Waals surface area contributed by atoms with Crippen LogP contribution in [-0.4, -0.2) is 30.8 Å². The van der Waals surface area contributed by atoms with Crippen molar-refractivity contribution in [3.05, 3.63) is 47.5 Å². The Morgan fingerprint density at radius 1 is 1.48 bits per heavy atom. The highest BCUT2D eigenvalue weighted by atomic mass is 16.5. The van der Waals surface area contributed by atoms with Gasteiger partial charge in [-0.05, 0) is 31.4 Å². The minimum atomic E-state index is -0.671. The smallest absolute Gasteiger partial charge is 0.305 e. The summed E-state index contributed by atoms with van der Waals surface area (Å²) in [5.74, 6) is -0.270. The van der Waals surface area contributed by atoms with E-state index in [-0.39, 0.29) is 18.4 Å². The van der Waals surface area contributed by atoms with Crippen LogP contribution in [0.2, 0.25) is 0 Å². The SMILES string of the molecule is C=CCNC(CCC(=O)OC)C(O)c1ccc(C)cc1C. The number of nitrogens with one attached hydrogen (secondary N) is 1. The standard InChI is InChI=1S/C17H25NO3/c1-5-10-18-15(8-9-16(19)21-4)17(20)14-7-6-12(2)11-13(14)3/h5-7,11,15,17-18,20H,1,8-10H2,2-4H3. The van der Waals surface area contributed by atoms with Crippen LogP contribution in [0, 0.1) is 13.8 Å². The number of aliphatic hydroxyl groups is 1. The average Bonchev–Trinajstić information content (AvgIpc) is 2.46. The Morgan fingerprint density at radius 3 is 2.76 bits per heavy atom. The molecule has 0 fully saturated rings. The van der Waals surface area contributed by atoms with Gasteiger partial charge in [0, 0.05) is 19.0 Å². The maximum atomic E-state index is 11.3. The van der Waals surface area contributed by atoms with Gasteiger partial charge < -0.3 is 15.2 Å². The number of rotatable bonds is 8. The Balaban J connectivity index is 2.84. The van der Waals surface area contributed by atoms with Crippen molar-refractivity contribution >= 4 is 5.97 Å². The van der Waals surface area contributed by atoms with Gasteiger partial charge in [-0.25, -0.2) is 0 Å². The first-order chi connectivity index (χ1) is 9.99. The van der Waals surface area contributed by atoms with Crippen molar-refractivity contribution in [3.63, 3.8) is 0 Å². The van der Waals surface area contributed by atoms with Crippen molar-refractivity contribution in [2.24, 2.45) is 0 Å². The second kappa shape index (κ2) is 8.60. The van der Waals surface area contributed by atoms with Crippen LogP contribution in [0.5, 0.6) is 0 Å². The lowest BCUT2D eigenvalue weighted by Gasteiger charge is -2.25. The molecule has 1 aromatic carbocycles. The normalized spacial score (nSPS) is 13.5. The zero-order valence-corrected chi connectivity index (χ0v) is 13.1. The molecule has 116 valence electrons. The molecule has 0 bridgehead atoms. The quantitative estimate of drug-likeness (QED) is 0.570.